The summed E-state index contributed by atoms with van der Waals surface area (Å²) in [5.74, 6) is 2.25. The monoisotopic (exact) mass is 695 g/mol. The molecule has 1 aromatic heterocycles. The summed E-state index contributed by atoms with van der Waals surface area (Å²) in [6.45, 7) is 7.87. The predicted molar refractivity (Wildman–Crippen MR) is 200 cm³/mol. The predicted octanol–water partition coefficient (Wildman–Crippen LogP) is 7.70. The first-order valence-electron chi connectivity index (χ1n) is 19.0. The highest BCUT2D eigenvalue weighted by Gasteiger charge is 2.31. The van der Waals surface area contributed by atoms with Crippen molar-refractivity contribution in [2.24, 2.45) is 23.7 Å². The first kappa shape index (κ1) is 35.7. The summed E-state index contributed by atoms with van der Waals surface area (Å²) >= 11 is 8.16. The molecule has 4 heterocycles. The molecule has 3 fully saturated rings. The third-order valence-corrected chi connectivity index (χ3v) is 13.2. The number of unbranched alkanes of at least 4 members (excludes halogenated alkanes) is 1. The Balaban J connectivity index is 0.944. The van der Waals surface area contributed by atoms with Crippen molar-refractivity contribution in [1.82, 2.24) is 15.1 Å². The number of carbonyl (C=O) groups excluding carboxylic acids is 2. The molecular formula is C39H58ClN5O2S. The number of hydrogen-bond donors (Lipinski definition) is 3. The third kappa shape index (κ3) is 9.35. The fraction of sp³-hybridized carbons (Fsp3) is 0.692. The van der Waals surface area contributed by atoms with Crippen molar-refractivity contribution in [1.29, 1.82) is 0 Å². The largest absolute Gasteiger partial charge is 0.397 e. The summed E-state index contributed by atoms with van der Waals surface area (Å²) in [7, 11) is 0. The van der Waals surface area contributed by atoms with E-state index in [0.29, 0.717) is 22.7 Å². The number of fused-ring (bicyclic) bond motifs is 1. The van der Waals surface area contributed by atoms with E-state index in [4.69, 9.17) is 17.3 Å². The zero-order valence-corrected chi connectivity index (χ0v) is 30.7. The number of thiophene rings is 1. The molecule has 2 aromatic rings. The molecule has 48 heavy (non-hydrogen) atoms. The van der Waals surface area contributed by atoms with Gasteiger partial charge >= 0.3 is 0 Å². The smallest absolute Gasteiger partial charge is 0.227 e. The van der Waals surface area contributed by atoms with Gasteiger partial charge < -0.3 is 21.3 Å². The van der Waals surface area contributed by atoms with Gasteiger partial charge in [-0.25, -0.2) is 0 Å². The number of aryl methyl sites for hydroxylation is 2. The van der Waals surface area contributed by atoms with E-state index in [1.807, 2.05) is 13.0 Å². The summed E-state index contributed by atoms with van der Waals surface area (Å²) in [5.41, 5.74) is 11.2. The second kappa shape index (κ2) is 17.2. The van der Waals surface area contributed by atoms with Crippen LogP contribution in [0.4, 0.5) is 11.4 Å². The van der Waals surface area contributed by atoms with Gasteiger partial charge in [-0.05, 0) is 111 Å². The maximum Gasteiger partial charge on any atom is 0.227 e. The van der Waals surface area contributed by atoms with E-state index in [1.165, 1.54) is 63.4 Å². The van der Waals surface area contributed by atoms with Gasteiger partial charge in [0.25, 0.3) is 0 Å². The Morgan fingerprint density at radius 1 is 0.958 bits per heavy atom. The molecule has 264 valence electrons. The highest BCUT2D eigenvalue weighted by atomic mass is 35.5. The highest BCUT2D eigenvalue weighted by Crippen LogP contribution is 2.37. The number of piperazine rings is 1. The summed E-state index contributed by atoms with van der Waals surface area (Å²) in [6.07, 6.45) is 17.1. The topological polar surface area (TPSA) is 90.7 Å². The molecule has 4 N–H and O–H groups in total. The van der Waals surface area contributed by atoms with Crippen LogP contribution < -0.4 is 16.4 Å². The van der Waals surface area contributed by atoms with Crippen LogP contribution in [0.15, 0.2) is 22.9 Å². The molecule has 9 heteroatoms. The molecule has 0 spiro atoms. The van der Waals surface area contributed by atoms with E-state index in [9.17, 15) is 9.59 Å². The molecule has 2 saturated heterocycles. The quantitative estimate of drug-likeness (QED) is 0.157. The van der Waals surface area contributed by atoms with E-state index in [2.05, 4.69) is 37.3 Å². The zero-order valence-electron chi connectivity index (χ0n) is 29.1. The van der Waals surface area contributed by atoms with E-state index < -0.39 is 0 Å². The van der Waals surface area contributed by atoms with Gasteiger partial charge in [-0.1, -0.05) is 62.6 Å². The second-order valence-corrected chi connectivity index (χ2v) is 16.5. The van der Waals surface area contributed by atoms with Gasteiger partial charge in [-0.2, -0.15) is 0 Å². The Hall–Kier alpha value is -2.13. The summed E-state index contributed by atoms with van der Waals surface area (Å²) < 4.78 is 0. The number of anilines is 2. The van der Waals surface area contributed by atoms with Gasteiger partial charge in [0.05, 0.1) is 16.4 Å². The van der Waals surface area contributed by atoms with Crippen molar-refractivity contribution in [3.8, 4) is 0 Å². The molecule has 2 atom stereocenters. The van der Waals surface area contributed by atoms with Crippen molar-refractivity contribution < 1.29 is 9.59 Å². The lowest BCUT2D eigenvalue weighted by Gasteiger charge is -2.41. The zero-order chi connectivity index (χ0) is 33.5. The number of hydrogen-bond acceptors (Lipinski definition) is 6. The van der Waals surface area contributed by atoms with E-state index in [-0.39, 0.29) is 17.7 Å². The number of amides is 2. The normalized spacial score (nSPS) is 24.9. The minimum atomic E-state index is -0.0163. The van der Waals surface area contributed by atoms with E-state index in [0.717, 1.165) is 106 Å². The summed E-state index contributed by atoms with van der Waals surface area (Å²) in [6, 6.07) is 4.75. The van der Waals surface area contributed by atoms with Crippen molar-refractivity contribution in [3.05, 3.63) is 44.6 Å². The van der Waals surface area contributed by atoms with Gasteiger partial charge in [0, 0.05) is 49.4 Å². The highest BCUT2D eigenvalue weighted by molar-refractivity contribution is 7.08. The number of nitrogen functional groups attached to an aromatic ring is 1. The molecule has 1 aromatic carbocycles. The third-order valence-electron chi connectivity index (χ3n) is 12.1. The molecular weight excluding hydrogens is 638 g/mol. The SMILES string of the molecule is Cc1cc(C[C@@H](CCCCC2CCC(CCC3CCc4cscc4NC3=O)CC2)C(=O)N2CCN(C3CCNCC3)CC2)cc(Cl)c1N. The number of piperidine rings is 1. The Kier molecular flexibility index (Phi) is 12.8. The molecule has 2 amide bonds. The van der Waals surface area contributed by atoms with Gasteiger partial charge in [0.15, 0.2) is 0 Å². The molecule has 0 radical (unpaired) electrons. The van der Waals surface area contributed by atoms with Crippen LogP contribution in [0.5, 0.6) is 0 Å². The molecule has 1 unspecified atom stereocenters. The summed E-state index contributed by atoms with van der Waals surface area (Å²) in [4.78, 5) is 31.6. The lowest BCUT2D eigenvalue weighted by atomic mass is 9.77. The Bertz CT molecular complexity index is 1340. The van der Waals surface area contributed by atoms with Crippen LogP contribution in [-0.4, -0.2) is 66.9 Å². The van der Waals surface area contributed by atoms with Gasteiger partial charge in [-0.3, -0.25) is 14.5 Å². The van der Waals surface area contributed by atoms with Crippen molar-refractivity contribution in [2.75, 3.05) is 50.3 Å². The number of nitrogens with zero attached hydrogens (tertiary/aromatic N) is 2. The Labute approximate surface area is 297 Å². The standard InChI is InChI=1S/C39H58ClN5O2S/c1-27-22-30(24-35(40)37(27)41)23-32(39(47)45-20-18-44(19-21-45)34-14-16-42-17-15-34)5-3-2-4-28-6-8-29(9-7-28)10-11-31-12-13-33-25-48-26-36(33)43-38(31)46/h22,24-26,28-29,31-32,34,42H,2-21,23,41H2,1H3,(H,43,46)/t28?,29?,31?,32-/m1/s1. The van der Waals surface area contributed by atoms with E-state index >= 15 is 0 Å². The van der Waals surface area contributed by atoms with Gasteiger partial charge in [0.1, 0.15) is 0 Å². The number of rotatable bonds is 12. The number of nitrogens with one attached hydrogen (secondary N) is 2. The molecule has 1 saturated carbocycles. The number of halogens is 1. The number of benzene rings is 1. The van der Waals surface area contributed by atoms with Crippen LogP contribution in [0.3, 0.4) is 0 Å². The summed E-state index contributed by atoms with van der Waals surface area (Å²) in [5, 5.41) is 11.5. The van der Waals surface area contributed by atoms with Crippen molar-refractivity contribution in [3.63, 3.8) is 0 Å². The number of carbonyl (C=O) groups is 2. The first-order chi connectivity index (χ1) is 23.3. The molecule has 6 rings (SSSR count). The lowest BCUT2D eigenvalue weighted by molar-refractivity contribution is -0.138. The minimum Gasteiger partial charge on any atom is -0.397 e. The maximum absolute atomic E-state index is 14.0. The van der Waals surface area contributed by atoms with Crippen molar-refractivity contribution in [2.45, 2.75) is 109 Å². The average molecular weight is 696 g/mol. The Morgan fingerprint density at radius 3 is 2.42 bits per heavy atom. The maximum atomic E-state index is 14.0. The fourth-order valence-corrected chi connectivity index (χ4v) is 10.1. The van der Waals surface area contributed by atoms with E-state index in [1.54, 1.807) is 11.3 Å². The van der Waals surface area contributed by atoms with Gasteiger partial charge in [-0.15, -0.1) is 11.3 Å². The van der Waals surface area contributed by atoms with Crippen molar-refractivity contribution >= 4 is 46.1 Å². The minimum absolute atomic E-state index is 0.0163. The van der Waals surface area contributed by atoms with Crippen LogP contribution in [0.1, 0.15) is 100 Å². The first-order valence-corrected chi connectivity index (χ1v) is 20.3. The van der Waals surface area contributed by atoms with Crippen LogP contribution in [0, 0.1) is 30.6 Å². The molecule has 1 aliphatic carbocycles. The Morgan fingerprint density at radius 2 is 1.69 bits per heavy atom. The molecule has 7 nitrogen and oxygen atoms in total. The van der Waals surface area contributed by atoms with Gasteiger partial charge in [0.2, 0.25) is 11.8 Å². The lowest BCUT2D eigenvalue weighted by Crippen LogP contribution is -2.55. The molecule has 4 aliphatic rings. The van der Waals surface area contributed by atoms with Crippen LogP contribution in [0.2, 0.25) is 5.02 Å². The van der Waals surface area contributed by atoms with Crippen LogP contribution in [-0.2, 0) is 22.4 Å². The molecule has 3 aliphatic heterocycles. The fourth-order valence-electron chi connectivity index (χ4n) is 8.95. The molecule has 0 bridgehead atoms. The number of nitrogens with two attached hydrogens (primary N) is 1. The average Bonchev–Trinajstić information content (AvgIpc) is 3.49. The second-order valence-electron chi connectivity index (χ2n) is 15.3. The van der Waals surface area contributed by atoms with Crippen LogP contribution >= 0.6 is 22.9 Å². The van der Waals surface area contributed by atoms with Crippen LogP contribution in [0.25, 0.3) is 0 Å².